The Labute approximate surface area is 187 Å². The van der Waals surface area contributed by atoms with Crippen LogP contribution in [0.25, 0.3) is 11.2 Å². The summed E-state index contributed by atoms with van der Waals surface area (Å²) in [5, 5.41) is 33.2. The number of imidazole rings is 1. The number of carbonyl (C=O) groups is 1. The lowest BCUT2D eigenvalue weighted by Gasteiger charge is -2.19. The molecule has 1 saturated heterocycles. The number of aromatic nitrogens is 4. The molecule has 0 saturated carbocycles. The van der Waals surface area contributed by atoms with Crippen LogP contribution < -0.4 is 11.1 Å². The summed E-state index contributed by atoms with van der Waals surface area (Å²) in [7, 11) is 0. The molecule has 1 aliphatic rings. The zero-order chi connectivity index (χ0) is 22.7. The first-order chi connectivity index (χ1) is 15.5. The van der Waals surface area contributed by atoms with Gasteiger partial charge in [0.1, 0.15) is 24.6 Å². The molecule has 3 heterocycles. The van der Waals surface area contributed by atoms with Gasteiger partial charge in [-0.3, -0.25) is 9.36 Å². The third kappa shape index (κ3) is 4.54. The maximum atomic E-state index is 12.4. The number of nitrogen functional groups attached to an aromatic ring is 1. The Hall–Kier alpha value is -2.77. The number of nitrogens with zero attached hydrogens (tertiary/aromatic N) is 4. The summed E-state index contributed by atoms with van der Waals surface area (Å²) in [6, 6.07) is 9.83. The molecule has 0 unspecified atom stereocenters. The number of carbonyl (C=O) groups excluding carboxylic acids is 1. The molecule has 1 amide bonds. The van der Waals surface area contributed by atoms with Crippen LogP contribution in [0.3, 0.4) is 0 Å². The van der Waals surface area contributed by atoms with Gasteiger partial charge in [-0.15, -0.1) is 0 Å². The highest BCUT2D eigenvalue weighted by Gasteiger charge is 2.45. The largest absolute Gasteiger partial charge is 0.394 e. The highest BCUT2D eigenvalue weighted by molar-refractivity contribution is 7.99. The Morgan fingerprint density at radius 2 is 2.00 bits per heavy atom. The van der Waals surface area contributed by atoms with Gasteiger partial charge in [-0.1, -0.05) is 42.1 Å². The fraction of sp³-hybridized carbons (Fsp3) is 0.400. The van der Waals surface area contributed by atoms with E-state index in [1.54, 1.807) is 0 Å². The van der Waals surface area contributed by atoms with E-state index >= 15 is 0 Å². The van der Waals surface area contributed by atoms with Crippen LogP contribution in [0.4, 0.5) is 5.82 Å². The molecule has 1 aliphatic heterocycles. The minimum Gasteiger partial charge on any atom is -0.394 e. The SMILES string of the molecule is Nc1ncnc2c1nc(SCC(=O)NCCc1ccccc1)n2[C@@H]1O[C@H](CO)[C@@H](O)[C@H]1O. The number of nitrogens with one attached hydrogen (secondary N) is 1. The van der Waals surface area contributed by atoms with Gasteiger partial charge in [0.05, 0.1) is 12.4 Å². The number of aliphatic hydroxyl groups is 3. The minimum absolute atomic E-state index is 0.0558. The van der Waals surface area contributed by atoms with Crippen molar-refractivity contribution in [3.8, 4) is 0 Å². The number of fused-ring (bicyclic) bond motifs is 1. The number of amides is 1. The summed E-state index contributed by atoms with van der Waals surface area (Å²) in [6.45, 7) is 0.0256. The van der Waals surface area contributed by atoms with Gasteiger partial charge in [0.2, 0.25) is 5.91 Å². The van der Waals surface area contributed by atoms with Gasteiger partial charge in [0.25, 0.3) is 0 Å². The van der Waals surface area contributed by atoms with Crippen molar-refractivity contribution in [3.05, 3.63) is 42.2 Å². The molecule has 32 heavy (non-hydrogen) atoms. The third-order valence-electron chi connectivity index (χ3n) is 5.16. The maximum absolute atomic E-state index is 12.4. The molecule has 6 N–H and O–H groups in total. The molecular formula is C20H24N6O5S. The second-order valence-corrected chi connectivity index (χ2v) is 8.24. The fourth-order valence-corrected chi connectivity index (χ4v) is 4.35. The van der Waals surface area contributed by atoms with Crippen LogP contribution in [-0.4, -0.2) is 78.0 Å². The van der Waals surface area contributed by atoms with E-state index in [0.717, 1.165) is 17.3 Å². The molecule has 3 aromatic rings. The highest BCUT2D eigenvalue weighted by atomic mass is 32.2. The second kappa shape index (κ2) is 9.79. The van der Waals surface area contributed by atoms with Gasteiger partial charge in [0, 0.05) is 6.54 Å². The zero-order valence-corrected chi connectivity index (χ0v) is 17.9. The molecule has 0 radical (unpaired) electrons. The quantitative estimate of drug-likeness (QED) is 0.276. The highest BCUT2D eigenvalue weighted by Crippen LogP contribution is 2.36. The Kier molecular flexibility index (Phi) is 6.86. The summed E-state index contributed by atoms with van der Waals surface area (Å²) in [4.78, 5) is 24.9. The average molecular weight is 461 g/mol. The zero-order valence-electron chi connectivity index (χ0n) is 17.0. The molecular weight excluding hydrogens is 436 g/mol. The molecule has 1 fully saturated rings. The molecule has 1 aromatic carbocycles. The van der Waals surface area contributed by atoms with E-state index in [0.29, 0.717) is 23.8 Å². The molecule has 2 aromatic heterocycles. The topological polar surface area (TPSA) is 169 Å². The number of hydrogen-bond acceptors (Lipinski definition) is 10. The van der Waals surface area contributed by atoms with Crippen LogP contribution in [-0.2, 0) is 16.0 Å². The summed E-state index contributed by atoms with van der Waals surface area (Å²) in [5.74, 6) is -0.000308. The maximum Gasteiger partial charge on any atom is 0.230 e. The molecule has 11 nitrogen and oxygen atoms in total. The summed E-state index contributed by atoms with van der Waals surface area (Å²) < 4.78 is 7.12. The van der Waals surface area contributed by atoms with E-state index in [1.165, 1.54) is 10.9 Å². The van der Waals surface area contributed by atoms with Crippen molar-refractivity contribution < 1.29 is 24.9 Å². The van der Waals surface area contributed by atoms with Crippen LogP contribution in [0.1, 0.15) is 11.8 Å². The Bertz CT molecular complexity index is 1080. The first-order valence-electron chi connectivity index (χ1n) is 10.0. The Morgan fingerprint density at radius 1 is 1.22 bits per heavy atom. The van der Waals surface area contributed by atoms with E-state index in [2.05, 4.69) is 20.3 Å². The molecule has 4 rings (SSSR count). The van der Waals surface area contributed by atoms with E-state index in [1.807, 2.05) is 30.3 Å². The van der Waals surface area contributed by atoms with Crippen LogP contribution >= 0.6 is 11.8 Å². The third-order valence-corrected chi connectivity index (χ3v) is 6.11. The number of benzene rings is 1. The predicted molar refractivity (Wildman–Crippen MR) is 117 cm³/mol. The fourth-order valence-electron chi connectivity index (χ4n) is 3.50. The van der Waals surface area contributed by atoms with Gasteiger partial charge >= 0.3 is 0 Å². The van der Waals surface area contributed by atoms with Crippen molar-refractivity contribution in [1.29, 1.82) is 0 Å². The molecule has 4 atom stereocenters. The van der Waals surface area contributed by atoms with Crippen molar-refractivity contribution >= 4 is 34.7 Å². The number of hydrogen-bond donors (Lipinski definition) is 5. The van der Waals surface area contributed by atoms with Crippen molar-refractivity contribution in [2.75, 3.05) is 24.6 Å². The van der Waals surface area contributed by atoms with E-state index < -0.39 is 31.1 Å². The van der Waals surface area contributed by atoms with Gasteiger partial charge in [0.15, 0.2) is 28.4 Å². The van der Waals surface area contributed by atoms with Gasteiger partial charge < -0.3 is 31.1 Å². The number of aliphatic hydroxyl groups excluding tert-OH is 3. The molecule has 170 valence electrons. The molecule has 0 aliphatic carbocycles. The molecule has 12 heteroatoms. The summed E-state index contributed by atoms with van der Waals surface area (Å²) in [5.41, 5.74) is 7.63. The smallest absolute Gasteiger partial charge is 0.230 e. The number of thioether (sulfide) groups is 1. The molecule has 0 bridgehead atoms. The van der Waals surface area contributed by atoms with Crippen molar-refractivity contribution in [3.63, 3.8) is 0 Å². The minimum atomic E-state index is -1.33. The lowest BCUT2D eigenvalue weighted by molar-refractivity contribution is -0.118. The number of anilines is 1. The van der Waals surface area contributed by atoms with Gasteiger partial charge in [-0.25, -0.2) is 15.0 Å². The first-order valence-corrected chi connectivity index (χ1v) is 11.0. The monoisotopic (exact) mass is 460 g/mol. The Balaban J connectivity index is 1.49. The second-order valence-electron chi connectivity index (χ2n) is 7.30. The summed E-state index contributed by atoms with van der Waals surface area (Å²) in [6.07, 6.45) is -2.69. The summed E-state index contributed by atoms with van der Waals surface area (Å²) >= 11 is 1.12. The molecule has 0 spiro atoms. The van der Waals surface area contributed by atoms with E-state index in [9.17, 15) is 20.1 Å². The van der Waals surface area contributed by atoms with E-state index in [-0.39, 0.29) is 23.0 Å². The number of rotatable bonds is 8. The normalized spacial score (nSPS) is 23.0. The standard InChI is InChI=1S/C20H24N6O5S/c21-17-14-18(24-10-23-17)26(19-16(30)15(29)12(8-27)31-19)20(25-14)32-9-13(28)22-7-6-11-4-2-1-3-5-11/h1-5,10,12,15-16,19,27,29-30H,6-9H2,(H,22,28)(H2,21,23,24)/t12-,15-,16-,19-/m1/s1. The van der Waals surface area contributed by atoms with Crippen LogP contribution in [0.5, 0.6) is 0 Å². The van der Waals surface area contributed by atoms with Gasteiger partial charge in [-0.05, 0) is 12.0 Å². The first kappa shape index (κ1) is 22.4. The average Bonchev–Trinajstić information content (AvgIpc) is 3.31. The van der Waals surface area contributed by atoms with Crippen molar-refractivity contribution in [2.45, 2.75) is 36.1 Å². The van der Waals surface area contributed by atoms with Gasteiger partial charge in [-0.2, -0.15) is 0 Å². The van der Waals surface area contributed by atoms with E-state index in [4.69, 9.17) is 10.5 Å². The van der Waals surface area contributed by atoms with Crippen LogP contribution in [0.15, 0.2) is 41.8 Å². The lowest BCUT2D eigenvalue weighted by atomic mass is 10.1. The van der Waals surface area contributed by atoms with Crippen molar-refractivity contribution in [1.82, 2.24) is 24.8 Å². The number of ether oxygens (including phenoxy) is 1. The lowest BCUT2D eigenvalue weighted by Crippen LogP contribution is -2.33. The Morgan fingerprint density at radius 3 is 2.72 bits per heavy atom. The van der Waals surface area contributed by atoms with Crippen LogP contribution in [0.2, 0.25) is 0 Å². The van der Waals surface area contributed by atoms with Crippen LogP contribution in [0, 0.1) is 0 Å². The van der Waals surface area contributed by atoms with Crippen molar-refractivity contribution in [2.24, 2.45) is 0 Å². The number of nitrogens with two attached hydrogens (primary N) is 1. The predicted octanol–water partition coefficient (Wildman–Crippen LogP) is -0.529.